The monoisotopic (exact) mass is 298 g/mol. The lowest BCUT2D eigenvalue weighted by molar-refractivity contribution is -0.119. The first kappa shape index (κ1) is 14.1. The molecule has 0 saturated heterocycles. The molecule has 4 heteroatoms. The minimum absolute atomic E-state index is 0.0938. The van der Waals surface area contributed by atoms with Crippen molar-refractivity contribution in [2.75, 3.05) is 4.90 Å². The van der Waals surface area contributed by atoms with E-state index in [4.69, 9.17) is 0 Å². The summed E-state index contributed by atoms with van der Waals surface area (Å²) < 4.78 is -0.479. The van der Waals surface area contributed by atoms with Crippen molar-refractivity contribution >= 4 is 29.0 Å². The van der Waals surface area contributed by atoms with Crippen LogP contribution < -0.4 is 4.90 Å². The molecule has 108 valence electrons. The third-order valence-electron chi connectivity index (χ3n) is 3.77. The second kappa shape index (κ2) is 4.88. The van der Waals surface area contributed by atoms with E-state index in [1.54, 1.807) is 22.9 Å². The lowest BCUT2D eigenvalue weighted by Crippen LogP contribution is -2.43. The van der Waals surface area contributed by atoms with Gasteiger partial charge in [-0.3, -0.25) is 14.7 Å². The first-order valence-corrected chi connectivity index (χ1v) is 7.77. The molecule has 1 aromatic carbocycles. The van der Waals surface area contributed by atoms with E-state index in [1.165, 1.54) is 0 Å². The van der Waals surface area contributed by atoms with Gasteiger partial charge in [0.15, 0.2) is 0 Å². The van der Waals surface area contributed by atoms with Gasteiger partial charge >= 0.3 is 0 Å². The summed E-state index contributed by atoms with van der Waals surface area (Å²) in [5, 5.41) is 0. The molecule has 1 amide bonds. The largest absolute Gasteiger partial charge is 0.277 e. The van der Waals surface area contributed by atoms with E-state index in [0.717, 1.165) is 27.5 Å². The maximum atomic E-state index is 12.9. The van der Waals surface area contributed by atoms with Gasteiger partial charge in [-0.25, -0.2) is 0 Å². The SMILES string of the molecule is Cc1cc(N2C(=O)C(C)(C)Sc3ccccc32)cnc1C. The highest BCUT2D eigenvalue weighted by Crippen LogP contribution is 2.47. The number of aryl methyl sites for hydroxylation is 2. The minimum atomic E-state index is -0.479. The molecule has 0 bridgehead atoms. The number of amides is 1. The molecule has 0 atom stereocenters. The van der Waals surface area contributed by atoms with Gasteiger partial charge in [0, 0.05) is 10.6 Å². The molecule has 0 spiro atoms. The van der Waals surface area contributed by atoms with Crippen molar-refractivity contribution in [2.45, 2.75) is 37.3 Å². The third-order valence-corrected chi connectivity index (χ3v) is 5.02. The highest BCUT2D eigenvalue weighted by Gasteiger charge is 2.40. The summed E-state index contributed by atoms with van der Waals surface area (Å²) in [6.45, 7) is 7.94. The van der Waals surface area contributed by atoms with E-state index in [1.807, 2.05) is 52.0 Å². The molecule has 0 unspecified atom stereocenters. The van der Waals surface area contributed by atoms with Crippen LogP contribution in [0, 0.1) is 13.8 Å². The molecule has 0 saturated carbocycles. The summed E-state index contributed by atoms with van der Waals surface area (Å²) in [5.41, 5.74) is 3.86. The van der Waals surface area contributed by atoms with Crippen LogP contribution >= 0.6 is 11.8 Å². The Kier molecular flexibility index (Phi) is 3.29. The Labute approximate surface area is 129 Å². The molecule has 1 aliphatic heterocycles. The molecular weight excluding hydrogens is 280 g/mol. The number of fused-ring (bicyclic) bond motifs is 1. The quantitative estimate of drug-likeness (QED) is 0.789. The van der Waals surface area contributed by atoms with E-state index in [2.05, 4.69) is 11.1 Å². The molecule has 21 heavy (non-hydrogen) atoms. The summed E-state index contributed by atoms with van der Waals surface area (Å²) in [6.07, 6.45) is 1.78. The van der Waals surface area contributed by atoms with Crippen molar-refractivity contribution in [1.29, 1.82) is 0 Å². The second-order valence-corrected chi connectivity index (χ2v) is 7.48. The minimum Gasteiger partial charge on any atom is -0.277 e. The number of benzene rings is 1. The lowest BCUT2D eigenvalue weighted by atomic mass is 10.1. The Hall–Kier alpha value is -1.81. The van der Waals surface area contributed by atoms with Gasteiger partial charge in [-0.05, 0) is 51.5 Å². The summed E-state index contributed by atoms with van der Waals surface area (Å²) in [4.78, 5) is 20.2. The number of hydrogen-bond donors (Lipinski definition) is 0. The fraction of sp³-hybridized carbons (Fsp3) is 0.294. The summed E-state index contributed by atoms with van der Waals surface area (Å²) in [6, 6.07) is 10.1. The summed E-state index contributed by atoms with van der Waals surface area (Å²) >= 11 is 1.62. The Balaban J connectivity index is 2.19. The van der Waals surface area contributed by atoms with Crippen molar-refractivity contribution in [3.8, 4) is 0 Å². The smallest absolute Gasteiger partial charge is 0.247 e. The highest BCUT2D eigenvalue weighted by molar-refractivity contribution is 8.01. The Bertz CT molecular complexity index is 724. The van der Waals surface area contributed by atoms with Crippen molar-refractivity contribution in [3.63, 3.8) is 0 Å². The average Bonchev–Trinajstić information content (AvgIpc) is 2.43. The number of thioether (sulfide) groups is 1. The number of carbonyl (C=O) groups is 1. The maximum absolute atomic E-state index is 12.9. The van der Waals surface area contributed by atoms with Crippen molar-refractivity contribution in [2.24, 2.45) is 0 Å². The second-order valence-electron chi connectivity index (χ2n) is 5.82. The van der Waals surface area contributed by atoms with Gasteiger partial charge in [-0.2, -0.15) is 0 Å². The zero-order valence-corrected chi connectivity index (χ0v) is 13.5. The topological polar surface area (TPSA) is 33.2 Å². The number of rotatable bonds is 1. The number of hydrogen-bond acceptors (Lipinski definition) is 3. The van der Waals surface area contributed by atoms with Crippen molar-refractivity contribution < 1.29 is 4.79 Å². The molecule has 3 rings (SSSR count). The predicted molar refractivity (Wildman–Crippen MR) is 87.2 cm³/mol. The van der Waals surface area contributed by atoms with E-state index < -0.39 is 4.75 Å². The number of carbonyl (C=O) groups excluding carboxylic acids is 1. The molecule has 0 radical (unpaired) electrons. The molecule has 1 aromatic heterocycles. The number of pyridine rings is 1. The number of nitrogens with zero attached hydrogens (tertiary/aromatic N) is 2. The molecule has 0 fully saturated rings. The first-order chi connectivity index (χ1) is 9.90. The van der Waals surface area contributed by atoms with Crippen LogP contribution in [0.25, 0.3) is 0 Å². The van der Waals surface area contributed by atoms with Crippen LogP contribution in [-0.2, 0) is 4.79 Å². The van der Waals surface area contributed by atoms with Crippen LogP contribution in [0.15, 0.2) is 41.4 Å². The van der Waals surface area contributed by atoms with Gasteiger partial charge in [-0.15, -0.1) is 11.8 Å². The molecule has 2 heterocycles. The fourth-order valence-electron chi connectivity index (χ4n) is 2.43. The normalized spacial score (nSPS) is 16.8. The standard InChI is InChI=1S/C17H18N2OS/c1-11-9-13(10-18-12(11)2)19-14-7-5-6-8-15(14)21-17(3,4)16(19)20/h5-10H,1-4H3. The number of anilines is 2. The highest BCUT2D eigenvalue weighted by atomic mass is 32.2. The van der Waals surface area contributed by atoms with E-state index in [-0.39, 0.29) is 5.91 Å². The van der Waals surface area contributed by atoms with Crippen LogP contribution in [0.1, 0.15) is 25.1 Å². The molecular formula is C17H18N2OS. The van der Waals surface area contributed by atoms with E-state index >= 15 is 0 Å². The third kappa shape index (κ3) is 2.33. The Morgan fingerprint density at radius 1 is 1.19 bits per heavy atom. The van der Waals surface area contributed by atoms with E-state index in [9.17, 15) is 4.79 Å². The predicted octanol–water partition coefficient (Wildman–Crippen LogP) is 4.25. The lowest BCUT2D eigenvalue weighted by Gasteiger charge is -2.37. The average molecular weight is 298 g/mol. The van der Waals surface area contributed by atoms with Crippen LogP contribution in [0.3, 0.4) is 0 Å². The van der Waals surface area contributed by atoms with Crippen LogP contribution in [0.2, 0.25) is 0 Å². The fourth-order valence-corrected chi connectivity index (χ4v) is 3.57. The van der Waals surface area contributed by atoms with Gasteiger partial charge < -0.3 is 0 Å². The summed E-state index contributed by atoms with van der Waals surface area (Å²) in [7, 11) is 0. The molecule has 0 N–H and O–H groups in total. The van der Waals surface area contributed by atoms with Gasteiger partial charge in [0.25, 0.3) is 0 Å². The molecule has 1 aliphatic rings. The first-order valence-electron chi connectivity index (χ1n) is 6.96. The van der Waals surface area contributed by atoms with Crippen LogP contribution in [0.4, 0.5) is 11.4 Å². The van der Waals surface area contributed by atoms with Crippen LogP contribution in [-0.4, -0.2) is 15.6 Å². The number of para-hydroxylation sites is 1. The summed E-state index contributed by atoms with van der Waals surface area (Å²) in [5.74, 6) is 0.0938. The maximum Gasteiger partial charge on any atom is 0.247 e. The Morgan fingerprint density at radius 3 is 2.62 bits per heavy atom. The van der Waals surface area contributed by atoms with Gasteiger partial charge in [0.1, 0.15) is 0 Å². The molecule has 3 nitrogen and oxygen atoms in total. The number of aromatic nitrogens is 1. The molecule has 2 aromatic rings. The Morgan fingerprint density at radius 2 is 1.90 bits per heavy atom. The van der Waals surface area contributed by atoms with Crippen LogP contribution in [0.5, 0.6) is 0 Å². The zero-order chi connectivity index (χ0) is 15.2. The van der Waals surface area contributed by atoms with Crippen molar-refractivity contribution in [1.82, 2.24) is 4.98 Å². The van der Waals surface area contributed by atoms with Crippen molar-refractivity contribution in [3.05, 3.63) is 47.8 Å². The van der Waals surface area contributed by atoms with Gasteiger partial charge in [0.05, 0.1) is 22.3 Å². The zero-order valence-electron chi connectivity index (χ0n) is 12.7. The molecule has 0 aliphatic carbocycles. The van der Waals surface area contributed by atoms with Gasteiger partial charge in [0.2, 0.25) is 5.91 Å². The van der Waals surface area contributed by atoms with Gasteiger partial charge in [-0.1, -0.05) is 12.1 Å². The van der Waals surface area contributed by atoms with E-state index in [0.29, 0.717) is 0 Å².